The van der Waals surface area contributed by atoms with Crippen molar-refractivity contribution in [2.24, 2.45) is 11.8 Å². The third-order valence-corrected chi connectivity index (χ3v) is 3.03. The van der Waals surface area contributed by atoms with Gasteiger partial charge >= 0.3 is 0 Å². The summed E-state index contributed by atoms with van der Waals surface area (Å²) in [6.07, 6.45) is 8.37. The van der Waals surface area contributed by atoms with Crippen molar-refractivity contribution in [1.29, 1.82) is 0 Å². The van der Waals surface area contributed by atoms with E-state index in [4.69, 9.17) is 0 Å². The van der Waals surface area contributed by atoms with Crippen molar-refractivity contribution in [2.45, 2.75) is 108 Å². The summed E-state index contributed by atoms with van der Waals surface area (Å²) >= 11 is 0. The fourth-order valence-corrected chi connectivity index (χ4v) is 2.31. The second-order valence-corrected chi connectivity index (χ2v) is 3.91. The van der Waals surface area contributed by atoms with Gasteiger partial charge < -0.3 is 0 Å². The molecule has 0 aliphatic rings. The summed E-state index contributed by atoms with van der Waals surface area (Å²) in [5.41, 5.74) is 0. The van der Waals surface area contributed by atoms with Crippen LogP contribution in [0.25, 0.3) is 0 Å². The third-order valence-electron chi connectivity index (χ3n) is 3.03. The first-order chi connectivity index (χ1) is 8.79. The summed E-state index contributed by atoms with van der Waals surface area (Å²) in [6, 6.07) is 0. The highest BCUT2D eigenvalue weighted by molar-refractivity contribution is 4.67. The van der Waals surface area contributed by atoms with E-state index in [9.17, 15) is 0 Å². The molecule has 0 heterocycles. The first-order valence-electron chi connectivity index (χ1n) is 8.79. The van der Waals surface area contributed by atoms with Crippen LogP contribution in [0.3, 0.4) is 0 Å². The molecule has 0 aromatic carbocycles. The third kappa shape index (κ3) is 18.4. The van der Waals surface area contributed by atoms with Gasteiger partial charge in [0.05, 0.1) is 0 Å². The van der Waals surface area contributed by atoms with E-state index in [0.29, 0.717) is 0 Å². The summed E-state index contributed by atoms with van der Waals surface area (Å²) in [6.45, 7) is 21.3. The van der Waals surface area contributed by atoms with Crippen molar-refractivity contribution in [1.82, 2.24) is 0 Å². The molecule has 0 atom stereocenters. The zero-order valence-electron chi connectivity index (χ0n) is 15.4. The Labute approximate surface area is 120 Å². The van der Waals surface area contributed by atoms with Crippen LogP contribution < -0.4 is 0 Å². The van der Waals surface area contributed by atoms with E-state index in [-0.39, 0.29) is 0 Å². The smallest absolute Gasteiger partial charge is 0.0386 e. The van der Waals surface area contributed by atoms with Crippen LogP contribution in [0, 0.1) is 11.8 Å². The molecule has 0 bridgehead atoms. The Morgan fingerprint density at radius 3 is 0.944 bits per heavy atom. The van der Waals surface area contributed by atoms with Gasteiger partial charge in [0.25, 0.3) is 0 Å². The number of hydrogen-bond acceptors (Lipinski definition) is 0. The zero-order chi connectivity index (χ0) is 15.4. The lowest BCUT2D eigenvalue weighted by molar-refractivity contribution is 0.274. The predicted molar refractivity (Wildman–Crippen MR) is 91.4 cm³/mol. The highest BCUT2D eigenvalue weighted by Crippen LogP contribution is 2.27. The molecule has 0 aromatic heterocycles. The van der Waals surface area contributed by atoms with Crippen LogP contribution >= 0.6 is 0 Å². The second kappa shape index (κ2) is 30.2. The number of rotatable bonds is 7. The molecule has 0 aliphatic heterocycles. The maximum atomic E-state index is 2.34. The second-order valence-electron chi connectivity index (χ2n) is 3.91. The topological polar surface area (TPSA) is 0 Å². The highest BCUT2D eigenvalue weighted by atomic mass is 14.2. The summed E-state index contributed by atoms with van der Waals surface area (Å²) in [4.78, 5) is 0. The van der Waals surface area contributed by atoms with E-state index < -0.39 is 0 Å². The van der Waals surface area contributed by atoms with Gasteiger partial charge in [-0.2, -0.15) is 0 Å². The SMILES string of the molecule is CC.CC.CC.CCCC(CCC)C(CC)CC. The normalized spacial score (nSPS) is 8.67. The lowest BCUT2D eigenvalue weighted by Gasteiger charge is -2.24. The average molecular weight is 261 g/mol. The molecule has 0 nitrogen and oxygen atoms in total. The Bertz CT molecular complexity index is 76.0. The van der Waals surface area contributed by atoms with Gasteiger partial charge in [0.15, 0.2) is 0 Å². The van der Waals surface area contributed by atoms with Gasteiger partial charge in [-0.1, -0.05) is 108 Å². The minimum atomic E-state index is 0.991. The molecule has 0 N–H and O–H groups in total. The average Bonchev–Trinajstić information content (AvgIpc) is 2.47. The molecule has 0 heteroatoms. The van der Waals surface area contributed by atoms with E-state index in [1.807, 2.05) is 41.5 Å². The molecule has 0 amide bonds. The molecule has 0 rings (SSSR count). The van der Waals surface area contributed by atoms with Crippen molar-refractivity contribution in [3.8, 4) is 0 Å². The molecule has 116 valence electrons. The maximum absolute atomic E-state index is 2.34. The quantitative estimate of drug-likeness (QED) is 0.439. The first-order valence-corrected chi connectivity index (χ1v) is 8.79. The van der Waals surface area contributed by atoms with E-state index in [1.165, 1.54) is 38.5 Å². The van der Waals surface area contributed by atoms with Crippen molar-refractivity contribution >= 4 is 0 Å². The molecule has 0 spiro atoms. The summed E-state index contributed by atoms with van der Waals surface area (Å²) in [5, 5.41) is 0. The van der Waals surface area contributed by atoms with Gasteiger partial charge in [-0.15, -0.1) is 0 Å². The Morgan fingerprint density at radius 1 is 0.500 bits per heavy atom. The van der Waals surface area contributed by atoms with Crippen molar-refractivity contribution in [3.63, 3.8) is 0 Å². The van der Waals surface area contributed by atoms with Gasteiger partial charge in [-0.3, -0.25) is 0 Å². The Morgan fingerprint density at radius 2 is 0.778 bits per heavy atom. The van der Waals surface area contributed by atoms with Gasteiger partial charge in [0.1, 0.15) is 0 Å². The van der Waals surface area contributed by atoms with E-state index >= 15 is 0 Å². The van der Waals surface area contributed by atoms with Crippen molar-refractivity contribution in [3.05, 3.63) is 0 Å². The Balaban J connectivity index is -0.000000141. The molecular formula is C18H44. The Hall–Kier alpha value is 0. The predicted octanol–water partition coefficient (Wildman–Crippen LogP) is 7.72. The summed E-state index contributed by atoms with van der Waals surface area (Å²) < 4.78 is 0. The van der Waals surface area contributed by atoms with Crippen LogP contribution in [0.15, 0.2) is 0 Å². The molecular weight excluding hydrogens is 216 g/mol. The summed E-state index contributed by atoms with van der Waals surface area (Å²) in [5.74, 6) is 2.00. The van der Waals surface area contributed by atoms with Crippen molar-refractivity contribution in [2.75, 3.05) is 0 Å². The van der Waals surface area contributed by atoms with E-state index in [1.54, 1.807) is 0 Å². The molecule has 0 aliphatic carbocycles. The molecule has 0 saturated heterocycles. The van der Waals surface area contributed by atoms with Gasteiger partial charge in [0, 0.05) is 0 Å². The molecule has 0 saturated carbocycles. The molecule has 0 unspecified atom stereocenters. The van der Waals surface area contributed by atoms with Gasteiger partial charge in [-0.25, -0.2) is 0 Å². The fraction of sp³-hybridized carbons (Fsp3) is 1.00. The minimum Gasteiger partial charge on any atom is -0.0683 e. The lowest BCUT2D eigenvalue weighted by atomic mass is 9.82. The van der Waals surface area contributed by atoms with Crippen LogP contribution in [0.1, 0.15) is 108 Å². The molecule has 0 fully saturated rings. The van der Waals surface area contributed by atoms with E-state index in [0.717, 1.165) is 11.8 Å². The van der Waals surface area contributed by atoms with Gasteiger partial charge in [0.2, 0.25) is 0 Å². The Kier molecular flexibility index (Phi) is 44.6. The fourth-order valence-electron chi connectivity index (χ4n) is 2.31. The largest absolute Gasteiger partial charge is 0.0683 e. The molecule has 0 radical (unpaired) electrons. The standard InChI is InChI=1S/C12H26.3C2H6/c1-5-9-12(10-6-2)11(7-3)8-4;3*1-2/h11-12H,5-10H2,1-4H3;3*1-2H3. The molecule has 18 heavy (non-hydrogen) atoms. The first kappa shape index (κ1) is 26.5. The lowest BCUT2D eigenvalue weighted by Crippen LogP contribution is -2.13. The van der Waals surface area contributed by atoms with Crippen LogP contribution in [-0.2, 0) is 0 Å². The van der Waals surface area contributed by atoms with E-state index in [2.05, 4.69) is 27.7 Å². The molecule has 0 aromatic rings. The van der Waals surface area contributed by atoms with Crippen LogP contribution in [0.5, 0.6) is 0 Å². The van der Waals surface area contributed by atoms with Crippen LogP contribution in [0.2, 0.25) is 0 Å². The summed E-state index contributed by atoms with van der Waals surface area (Å²) in [7, 11) is 0. The maximum Gasteiger partial charge on any atom is -0.0386 e. The zero-order valence-corrected chi connectivity index (χ0v) is 15.4. The monoisotopic (exact) mass is 260 g/mol. The van der Waals surface area contributed by atoms with Crippen molar-refractivity contribution < 1.29 is 0 Å². The van der Waals surface area contributed by atoms with Crippen LogP contribution in [0.4, 0.5) is 0 Å². The van der Waals surface area contributed by atoms with Gasteiger partial charge in [-0.05, 0) is 11.8 Å². The minimum absolute atomic E-state index is 0.991. The highest BCUT2D eigenvalue weighted by Gasteiger charge is 2.15. The van der Waals surface area contributed by atoms with Crippen LogP contribution in [-0.4, -0.2) is 0 Å². The number of hydrogen-bond donors (Lipinski definition) is 0.